The van der Waals surface area contributed by atoms with Gasteiger partial charge in [-0.15, -0.1) is 11.6 Å². The predicted octanol–water partition coefficient (Wildman–Crippen LogP) is 2.43. The largest absolute Gasteiger partial charge is 0.462 e. The third-order valence-corrected chi connectivity index (χ3v) is 7.98. The number of rotatable bonds is 3. The second-order valence-corrected chi connectivity index (χ2v) is 9.90. The van der Waals surface area contributed by atoms with E-state index in [1.807, 2.05) is 13.0 Å². The molecule has 1 heterocycles. The number of carbonyl (C=O) groups excluding carboxylic acids is 3. The Balaban J connectivity index is 2.26. The summed E-state index contributed by atoms with van der Waals surface area (Å²) in [4.78, 5) is 36.6. The Hall–Kier alpha value is -1.90. The van der Waals surface area contributed by atoms with Crippen molar-refractivity contribution in [1.29, 1.82) is 0 Å². The Labute approximate surface area is 198 Å². The van der Waals surface area contributed by atoms with E-state index in [0.29, 0.717) is 24.8 Å². The summed E-state index contributed by atoms with van der Waals surface area (Å²) in [6, 6.07) is 0. The molecule has 0 spiro atoms. The van der Waals surface area contributed by atoms with Gasteiger partial charge in [-0.05, 0) is 32.8 Å². The number of hydrogen-bond donors (Lipinski definition) is 2. The SMILES string of the molecule is CC(=O)O[C@H]1CC=C(C)[C@@H]2[C@@H](O)[C@@]3(O)[C@H](/C=C(/CCl)CC[C@@H](OC(C)=O)[C@@]12C)OC(=O)[C@@H]3C. The van der Waals surface area contributed by atoms with Crippen LogP contribution in [0.15, 0.2) is 23.3 Å². The minimum atomic E-state index is -1.97. The summed E-state index contributed by atoms with van der Waals surface area (Å²) in [5.41, 5.74) is -1.64. The normalized spacial score (nSPS) is 42.6. The van der Waals surface area contributed by atoms with Crippen molar-refractivity contribution in [2.45, 2.75) is 83.9 Å². The molecule has 0 aromatic rings. The highest BCUT2D eigenvalue weighted by molar-refractivity contribution is 6.19. The average Bonchev–Trinajstić information content (AvgIpc) is 2.95. The second-order valence-electron chi connectivity index (χ2n) is 9.63. The summed E-state index contributed by atoms with van der Waals surface area (Å²) in [5.74, 6) is -3.36. The van der Waals surface area contributed by atoms with Crippen molar-refractivity contribution in [3.05, 3.63) is 23.3 Å². The second kappa shape index (κ2) is 9.39. The summed E-state index contributed by atoms with van der Waals surface area (Å²) >= 11 is 6.15. The number of halogens is 1. The molecule has 0 aromatic carbocycles. The van der Waals surface area contributed by atoms with Crippen LogP contribution in [0.2, 0.25) is 0 Å². The van der Waals surface area contributed by atoms with Crippen LogP contribution in [0.25, 0.3) is 0 Å². The smallest absolute Gasteiger partial charge is 0.312 e. The van der Waals surface area contributed by atoms with Crippen LogP contribution >= 0.6 is 11.6 Å². The molecule has 8 atom stereocenters. The number of ether oxygens (including phenoxy) is 3. The molecule has 33 heavy (non-hydrogen) atoms. The molecular formula is C24H33ClO8. The molecule has 0 aromatic heterocycles. The maximum Gasteiger partial charge on any atom is 0.312 e. The topological polar surface area (TPSA) is 119 Å². The lowest BCUT2D eigenvalue weighted by molar-refractivity contribution is -0.205. The van der Waals surface area contributed by atoms with E-state index in [2.05, 4.69) is 0 Å². The number of hydrogen-bond acceptors (Lipinski definition) is 8. The Bertz CT molecular complexity index is 882. The van der Waals surface area contributed by atoms with E-state index < -0.39 is 65.2 Å². The molecule has 3 rings (SSSR count). The standard InChI is InChI=1S/C24H33ClO8/c1-12-6-8-17(31-14(3)26)23(5)18(32-15(4)27)9-7-16(11-25)10-19-24(30,21(28)20(12)23)13(2)22(29)33-19/h6,10,13,17-21,28,30H,7-9,11H2,1-5H3/b16-10+/t13-,17-,18+,19-,20+,21+,23+,24-/m0/s1. The van der Waals surface area contributed by atoms with Crippen molar-refractivity contribution in [3.8, 4) is 0 Å². The molecule has 2 aliphatic carbocycles. The van der Waals surface area contributed by atoms with Crippen LogP contribution in [0, 0.1) is 17.3 Å². The van der Waals surface area contributed by atoms with E-state index in [0.717, 1.165) is 5.57 Å². The first kappa shape index (κ1) is 25.7. The summed E-state index contributed by atoms with van der Waals surface area (Å²) < 4.78 is 16.9. The third kappa shape index (κ3) is 4.33. The molecule has 0 radical (unpaired) electrons. The minimum absolute atomic E-state index is 0.105. The summed E-state index contributed by atoms with van der Waals surface area (Å²) in [7, 11) is 0. The lowest BCUT2D eigenvalue weighted by Crippen LogP contribution is -2.64. The van der Waals surface area contributed by atoms with Gasteiger partial charge in [-0.2, -0.15) is 0 Å². The maximum absolute atomic E-state index is 12.5. The summed E-state index contributed by atoms with van der Waals surface area (Å²) in [6.45, 7) is 7.72. The van der Waals surface area contributed by atoms with Crippen molar-refractivity contribution < 1.29 is 38.8 Å². The number of aliphatic hydroxyl groups excluding tert-OH is 1. The van der Waals surface area contributed by atoms with E-state index in [-0.39, 0.29) is 5.88 Å². The van der Waals surface area contributed by atoms with Crippen LogP contribution in [-0.2, 0) is 28.6 Å². The van der Waals surface area contributed by atoms with E-state index in [9.17, 15) is 24.6 Å². The molecule has 2 N–H and O–H groups in total. The maximum atomic E-state index is 12.5. The molecule has 1 saturated heterocycles. The number of fused-ring (bicyclic) bond motifs is 2. The zero-order valence-corrected chi connectivity index (χ0v) is 20.4. The number of alkyl halides is 1. The van der Waals surface area contributed by atoms with Crippen molar-refractivity contribution in [2.75, 3.05) is 5.88 Å². The monoisotopic (exact) mass is 484 g/mol. The van der Waals surface area contributed by atoms with Crippen molar-refractivity contribution in [2.24, 2.45) is 17.3 Å². The first-order valence-electron chi connectivity index (χ1n) is 11.2. The van der Waals surface area contributed by atoms with Crippen LogP contribution in [0.4, 0.5) is 0 Å². The van der Waals surface area contributed by atoms with Gasteiger partial charge in [-0.25, -0.2) is 0 Å². The first-order valence-corrected chi connectivity index (χ1v) is 11.8. The lowest BCUT2D eigenvalue weighted by atomic mass is 9.56. The van der Waals surface area contributed by atoms with Gasteiger partial charge in [0, 0.05) is 32.1 Å². The molecular weight excluding hydrogens is 452 g/mol. The summed E-state index contributed by atoms with van der Waals surface area (Å²) in [5, 5.41) is 23.6. The van der Waals surface area contributed by atoms with Crippen molar-refractivity contribution >= 4 is 29.5 Å². The number of aliphatic hydroxyl groups is 2. The van der Waals surface area contributed by atoms with Crippen LogP contribution in [0.3, 0.4) is 0 Å². The molecule has 0 unspecified atom stereocenters. The minimum Gasteiger partial charge on any atom is -0.462 e. The Morgan fingerprint density at radius 2 is 1.85 bits per heavy atom. The molecule has 184 valence electrons. The van der Waals surface area contributed by atoms with Crippen molar-refractivity contribution in [1.82, 2.24) is 0 Å². The molecule has 8 nitrogen and oxygen atoms in total. The average molecular weight is 485 g/mol. The van der Waals surface area contributed by atoms with Gasteiger partial charge in [-0.1, -0.05) is 24.1 Å². The van der Waals surface area contributed by atoms with Gasteiger partial charge in [0.15, 0.2) is 6.10 Å². The fraction of sp³-hybridized carbons (Fsp3) is 0.708. The predicted molar refractivity (Wildman–Crippen MR) is 119 cm³/mol. The van der Waals surface area contributed by atoms with Crippen molar-refractivity contribution in [3.63, 3.8) is 0 Å². The van der Waals surface area contributed by atoms with E-state index >= 15 is 0 Å². The quantitative estimate of drug-likeness (QED) is 0.271. The highest BCUT2D eigenvalue weighted by Gasteiger charge is 2.65. The first-order chi connectivity index (χ1) is 15.4. The van der Waals surface area contributed by atoms with Gasteiger partial charge in [-0.3, -0.25) is 14.4 Å². The molecule has 1 fully saturated rings. The Kier molecular flexibility index (Phi) is 7.32. The van der Waals surface area contributed by atoms with E-state index in [1.54, 1.807) is 13.0 Å². The van der Waals surface area contributed by atoms with Gasteiger partial charge in [0.25, 0.3) is 0 Å². The lowest BCUT2D eigenvalue weighted by Gasteiger charge is -2.54. The Morgan fingerprint density at radius 3 is 2.42 bits per heavy atom. The summed E-state index contributed by atoms with van der Waals surface area (Å²) in [6.07, 6.45) is 0.451. The van der Waals surface area contributed by atoms with Gasteiger partial charge in [0.2, 0.25) is 0 Å². The van der Waals surface area contributed by atoms with Gasteiger partial charge in [0.1, 0.15) is 17.8 Å². The van der Waals surface area contributed by atoms with Crippen LogP contribution in [-0.4, -0.2) is 64.0 Å². The molecule has 1 aliphatic heterocycles. The highest BCUT2D eigenvalue weighted by atomic mass is 35.5. The fourth-order valence-electron chi connectivity index (χ4n) is 5.78. The third-order valence-electron chi connectivity index (χ3n) is 7.64. The van der Waals surface area contributed by atoms with E-state index in [1.165, 1.54) is 20.8 Å². The molecule has 0 saturated carbocycles. The molecule has 3 aliphatic rings. The van der Waals surface area contributed by atoms with Crippen LogP contribution in [0.1, 0.15) is 53.9 Å². The molecule has 0 amide bonds. The molecule has 9 heteroatoms. The van der Waals surface area contributed by atoms with Gasteiger partial charge in [0.05, 0.1) is 17.4 Å². The highest BCUT2D eigenvalue weighted by Crippen LogP contribution is 2.54. The van der Waals surface area contributed by atoms with E-state index in [4.69, 9.17) is 25.8 Å². The van der Waals surface area contributed by atoms with Gasteiger partial charge < -0.3 is 24.4 Å². The fourth-order valence-corrected chi connectivity index (χ4v) is 6.00. The molecule has 0 bridgehead atoms. The Morgan fingerprint density at radius 1 is 1.24 bits per heavy atom. The number of esters is 3. The number of carbonyl (C=O) groups is 3. The van der Waals surface area contributed by atoms with Crippen LogP contribution in [0.5, 0.6) is 0 Å². The number of allylic oxidation sites excluding steroid dienone is 1. The zero-order chi connectivity index (χ0) is 24.7. The van der Waals surface area contributed by atoms with Gasteiger partial charge >= 0.3 is 17.9 Å². The van der Waals surface area contributed by atoms with Crippen LogP contribution < -0.4 is 0 Å². The zero-order valence-electron chi connectivity index (χ0n) is 19.7.